The molecule has 0 aromatic heterocycles. The Morgan fingerprint density at radius 2 is 1.61 bits per heavy atom. The van der Waals surface area contributed by atoms with Crippen molar-refractivity contribution in [1.82, 2.24) is 5.32 Å². The first-order valence-electron chi connectivity index (χ1n) is 9.83. The van der Waals surface area contributed by atoms with Crippen LogP contribution in [-0.2, 0) is 10.2 Å². The number of amides is 2. The van der Waals surface area contributed by atoms with E-state index in [1.807, 2.05) is 12.1 Å². The van der Waals surface area contributed by atoms with Crippen molar-refractivity contribution in [2.24, 2.45) is 0 Å². The quantitative estimate of drug-likeness (QED) is 0.786. The highest BCUT2D eigenvalue weighted by Gasteiger charge is 2.34. The van der Waals surface area contributed by atoms with Gasteiger partial charge in [0.1, 0.15) is 5.75 Å². The van der Waals surface area contributed by atoms with Crippen LogP contribution >= 0.6 is 0 Å². The molecule has 0 aliphatic heterocycles. The van der Waals surface area contributed by atoms with Crippen LogP contribution in [0.5, 0.6) is 5.75 Å². The highest BCUT2D eigenvalue weighted by molar-refractivity contribution is 5.95. The van der Waals surface area contributed by atoms with Crippen LogP contribution < -0.4 is 15.4 Å². The second-order valence-corrected chi connectivity index (χ2v) is 7.51. The smallest absolute Gasteiger partial charge is 0.251 e. The van der Waals surface area contributed by atoms with Crippen LogP contribution in [0.2, 0.25) is 0 Å². The summed E-state index contributed by atoms with van der Waals surface area (Å²) < 4.78 is 5.28. The van der Waals surface area contributed by atoms with Crippen molar-refractivity contribution in [3.05, 3.63) is 59.7 Å². The molecule has 1 aliphatic rings. The van der Waals surface area contributed by atoms with E-state index in [4.69, 9.17) is 4.74 Å². The summed E-state index contributed by atoms with van der Waals surface area (Å²) >= 11 is 0. The number of anilines is 1. The normalized spacial score (nSPS) is 15.5. The summed E-state index contributed by atoms with van der Waals surface area (Å²) in [5.74, 6) is 0.627. The Morgan fingerprint density at radius 3 is 2.18 bits per heavy atom. The number of carbonyl (C=O) groups is 2. The molecular formula is C23H28N2O3. The van der Waals surface area contributed by atoms with Gasteiger partial charge >= 0.3 is 0 Å². The van der Waals surface area contributed by atoms with Crippen molar-refractivity contribution in [1.29, 1.82) is 0 Å². The molecule has 2 N–H and O–H groups in total. The van der Waals surface area contributed by atoms with Crippen molar-refractivity contribution in [3.63, 3.8) is 0 Å². The van der Waals surface area contributed by atoms with Crippen LogP contribution in [0.4, 0.5) is 5.69 Å². The van der Waals surface area contributed by atoms with Gasteiger partial charge < -0.3 is 15.4 Å². The second kappa shape index (κ2) is 8.91. The third kappa shape index (κ3) is 4.71. The van der Waals surface area contributed by atoms with Gasteiger partial charge in [-0.3, -0.25) is 9.59 Å². The van der Waals surface area contributed by atoms with Gasteiger partial charge in [-0.05, 0) is 54.8 Å². The predicted molar refractivity (Wildman–Crippen MR) is 111 cm³/mol. The van der Waals surface area contributed by atoms with Crippen LogP contribution in [0.15, 0.2) is 48.5 Å². The highest BCUT2D eigenvalue weighted by atomic mass is 16.5. The molecule has 0 radical (unpaired) electrons. The highest BCUT2D eigenvalue weighted by Crippen LogP contribution is 2.39. The monoisotopic (exact) mass is 380 g/mol. The van der Waals surface area contributed by atoms with E-state index in [1.54, 1.807) is 31.4 Å². The molecule has 3 rings (SSSR count). The third-order valence-corrected chi connectivity index (χ3v) is 5.57. The Morgan fingerprint density at radius 1 is 0.964 bits per heavy atom. The largest absolute Gasteiger partial charge is 0.497 e. The summed E-state index contributed by atoms with van der Waals surface area (Å²) in [6.07, 6.45) is 5.74. The molecule has 148 valence electrons. The molecule has 0 unspecified atom stereocenters. The molecule has 1 saturated carbocycles. The van der Waals surface area contributed by atoms with Crippen LogP contribution in [-0.4, -0.2) is 25.5 Å². The predicted octanol–water partition coefficient (Wildman–Crippen LogP) is 4.29. The fourth-order valence-electron chi connectivity index (χ4n) is 4.00. The zero-order chi connectivity index (χ0) is 20.0. The van der Waals surface area contributed by atoms with Crippen molar-refractivity contribution >= 4 is 17.5 Å². The van der Waals surface area contributed by atoms with Crippen molar-refractivity contribution < 1.29 is 14.3 Å². The Hall–Kier alpha value is -2.82. The molecule has 5 nitrogen and oxygen atoms in total. The molecule has 0 atom stereocenters. The Bertz CT molecular complexity index is 807. The van der Waals surface area contributed by atoms with E-state index < -0.39 is 0 Å². The van der Waals surface area contributed by atoms with Gasteiger partial charge in [0.15, 0.2) is 0 Å². The average Bonchev–Trinajstić information content (AvgIpc) is 2.73. The lowest BCUT2D eigenvalue weighted by molar-refractivity contribution is -0.114. The molecule has 1 fully saturated rings. The molecule has 0 spiro atoms. The number of nitrogens with one attached hydrogen (secondary N) is 2. The summed E-state index contributed by atoms with van der Waals surface area (Å²) in [5.41, 5.74) is 2.51. The molecule has 0 saturated heterocycles. The number of benzene rings is 2. The molecule has 2 aromatic carbocycles. The van der Waals surface area contributed by atoms with Crippen LogP contribution in [0.1, 0.15) is 54.9 Å². The van der Waals surface area contributed by atoms with Gasteiger partial charge in [-0.1, -0.05) is 31.4 Å². The maximum Gasteiger partial charge on any atom is 0.251 e. The number of methoxy groups -OCH3 is 1. The minimum Gasteiger partial charge on any atom is -0.497 e. The number of hydrogen-bond donors (Lipinski definition) is 2. The van der Waals surface area contributed by atoms with Crippen molar-refractivity contribution in [3.8, 4) is 5.75 Å². The minimum absolute atomic E-state index is 0.0314. The maximum absolute atomic E-state index is 12.7. The molecule has 0 heterocycles. The lowest BCUT2D eigenvalue weighted by atomic mass is 9.69. The Balaban J connectivity index is 1.71. The fraction of sp³-hybridized carbons (Fsp3) is 0.391. The van der Waals surface area contributed by atoms with Crippen LogP contribution in [0.3, 0.4) is 0 Å². The SMILES string of the molecule is COc1ccc(C2(CNC(=O)c3ccc(NC(C)=O)cc3)CCCCC2)cc1. The number of ether oxygens (including phenoxy) is 1. The molecular weight excluding hydrogens is 352 g/mol. The summed E-state index contributed by atoms with van der Waals surface area (Å²) in [4.78, 5) is 23.8. The Kier molecular flexibility index (Phi) is 6.34. The molecule has 1 aliphatic carbocycles. The van der Waals surface area contributed by atoms with Crippen LogP contribution in [0, 0.1) is 0 Å². The number of rotatable bonds is 6. The molecule has 5 heteroatoms. The molecule has 2 aromatic rings. The number of carbonyl (C=O) groups excluding carboxylic acids is 2. The van der Waals surface area contributed by atoms with Crippen molar-refractivity contribution in [2.45, 2.75) is 44.4 Å². The van der Waals surface area contributed by atoms with E-state index in [1.165, 1.54) is 31.7 Å². The zero-order valence-corrected chi connectivity index (χ0v) is 16.6. The van der Waals surface area contributed by atoms with Gasteiger partial charge in [0, 0.05) is 30.1 Å². The van der Waals surface area contributed by atoms with Gasteiger partial charge in [-0.15, -0.1) is 0 Å². The lowest BCUT2D eigenvalue weighted by Gasteiger charge is -2.38. The lowest BCUT2D eigenvalue weighted by Crippen LogP contribution is -2.42. The topological polar surface area (TPSA) is 67.4 Å². The first-order chi connectivity index (χ1) is 13.5. The van der Waals surface area contributed by atoms with E-state index in [0.29, 0.717) is 17.8 Å². The first-order valence-corrected chi connectivity index (χ1v) is 9.83. The Labute approximate surface area is 166 Å². The van der Waals surface area contributed by atoms with Gasteiger partial charge in [0.25, 0.3) is 5.91 Å². The van der Waals surface area contributed by atoms with E-state index in [2.05, 4.69) is 22.8 Å². The molecule has 28 heavy (non-hydrogen) atoms. The van der Waals surface area contributed by atoms with E-state index in [0.717, 1.165) is 18.6 Å². The summed E-state index contributed by atoms with van der Waals surface area (Å²) in [7, 11) is 1.67. The van der Waals surface area contributed by atoms with Gasteiger partial charge in [-0.2, -0.15) is 0 Å². The van der Waals surface area contributed by atoms with Crippen LogP contribution in [0.25, 0.3) is 0 Å². The van der Waals surface area contributed by atoms with E-state index >= 15 is 0 Å². The summed E-state index contributed by atoms with van der Waals surface area (Å²) in [5, 5.41) is 5.85. The fourth-order valence-corrected chi connectivity index (χ4v) is 4.00. The minimum atomic E-state index is -0.129. The van der Waals surface area contributed by atoms with Gasteiger partial charge in [-0.25, -0.2) is 0 Å². The van der Waals surface area contributed by atoms with Gasteiger partial charge in [0.05, 0.1) is 7.11 Å². The summed E-state index contributed by atoms with van der Waals surface area (Å²) in [6, 6.07) is 15.2. The molecule has 0 bridgehead atoms. The standard InChI is InChI=1S/C23H28N2O3/c1-17(26)25-20-10-6-18(7-11-20)22(27)24-16-23(14-4-3-5-15-23)19-8-12-21(28-2)13-9-19/h6-13H,3-5,14-16H2,1-2H3,(H,24,27)(H,25,26). The van der Waals surface area contributed by atoms with E-state index in [9.17, 15) is 9.59 Å². The van der Waals surface area contributed by atoms with Crippen molar-refractivity contribution in [2.75, 3.05) is 19.0 Å². The zero-order valence-electron chi connectivity index (χ0n) is 16.6. The van der Waals surface area contributed by atoms with Gasteiger partial charge in [0.2, 0.25) is 5.91 Å². The van der Waals surface area contributed by atoms with E-state index in [-0.39, 0.29) is 17.2 Å². The maximum atomic E-state index is 12.7. The number of hydrogen-bond acceptors (Lipinski definition) is 3. The summed E-state index contributed by atoms with van der Waals surface area (Å²) in [6.45, 7) is 2.08. The third-order valence-electron chi connectivity index (χ3n) is 5.57. The average molecular weight is 380 g/mol. The first kappa shape index (κ1) is 19.9. The second-order valence-electron chi connectivity index (χ2n) is 7.51. The molecule has 2 amide bonds.